The summed E-state index contributed by atoms with van der Waals surface area (Å²) in [7, 11) is 0. The summed E-state index contributed by atoms with van der Waals surface area (Å²) in [4.78, 5) is 14.5. The van der Waals surface area contributed by atoms with Crippen LogP contribution in [0.3, 0.4) is 0 Å². The standard InChI is InChI=1S/C19H22N4O2/c1-3-23(4-2)14-7-10-17-16(12-14)19(22-21-17)20-18(25)11-13-5-8-15(24)9-6-13/h5-10,12,24H,3-4,11H2,1-2H3,(H2,20,21,22,25). The van der Waals surface area contributed by atoms with Crippen LogP contribution in [0.1, 0.15) is 19.4 Å². The molecule has 6 nitrogen and oxygen atoms in total. The van der Waals surface area contributed by atoms with Crippen molar-refractivity contribution in [2.24, 2.45) is 0 Å². The van der Waals surface area contributed by atoms with Crippen LogP contribution in [0.5, 0.6) is 5.75 Å². The van der Waals surface area contributed by atoms with Gasteiger partial charge in [0.25, 0.3) is 0 Å². The van der Waals surface area contributed by atoms with Crippen LogP contribution in [0.4, 0.5) is 11.5 Å². The van der Waals surface area contributed by atoms with E-state index in [1.54, 1.807) is 24.3 Å². The maximum Gasteiger partial charge on any atom is 0.230 e. The van der Waals surface area contributed by atoms with Crippen molar-refractivity contribution in [3.05, 3.63) is 48.0 Å². The maximum absolute atomic E-state index is 12.3. The Labute approximate surface area is 146 Å². The summed E-state index contributed by atoms with van der Waals surface area (Å²) in [5.41, 5.74) is 2.82. The number of aromatic amines is 1. The molecular formula is C19H22N4O2. The van der Waals surface area contributed by atoms with E-state index in [-0.39, 0.29) is 18.1 Å². The molecule has 3 rings (SSSR count). The number of phenolic OH excluding ortho intramolecular Hbond substituents is 1. The number of nitrogens with zero attached hydrogens (tertiary/aromatic N) is 2. The number of nitrogens with one attached hydrogen (secondary N) is 2. The Morgan fingerprint density at radius 3 is 2.56 bits per heavy atom. The number of aromatic hydroxyl groups is 1. The Hall–Kier alpha value is -3.02. The molecule has 0 atom stereocenters. The highest BCUT2D eigenvalue weighted by atomic mass is 16.3. The van der Waals surface area contributed by atoms with Crippen molar-refractivity contribution in [1.29, 1.82) is 0 Å². The number of carbonyl (C=O) groups excluding carboxylic acids is 1. The molecule has 0 radical (unpaired) electrons. The monoisotopic (exact) mass is 338 g/mol. The van der Waals surface area contributed by atoms with E-state index in [1.165, 1.54) is 0 Å². The molecule has 0 saturated heterocycles. The highest BCUT2D eigenvalue weighted by molar-refractivity contribution is 6.01. The molecule has 130 valence electrons. The second kappa shape index (κ2) is 7.25. The van der Waals surface area contributed by atoms with Crippen LogP contribution >= 0.6 is 0 Å². The van der Waals surface area contributed by atoms with Crippen molar-refractivity contribution >= 4 is 28.3 Å². The van der Waals surface area contributed by atoms with Crippen molar-refractivity contribution in [3.8, 4) is 5.75 Å². The van der Waals surface area contributed by atoms with E-state index < -0.39 is 0 Å². The van der Waals surface area contributed by atoms with Gasteiger partial charge in [-0.1, -0.05) is 12.1 Å². The second-order valence-corrected chi connectivity index (χ2v) is 5.87. The number of fused-ring (bicyclic) bond motifs is 1. The number of carbonyl (C=O) groups is 1. The Morgan fingerprint density at radius 1 is 1.16 bits per heavy atom. The number of phenols is 1. The molecule has 0 fully saturated rings. The smallest absolute Gasteiger partial charge is 0.230 e. The molecule has 1 amide bonds. The minimum atomic E-state index is -0.146. The lowest BCUT2D eigenvalue weighted by atomic mass is 10.1. The number of anilines is 2. The van der Waals surface area contributed by atoms with Crippen molar-refractivity contribution < 1.29 is 9.90 Å². The molecule has 6 heteroatoms. The number of hydrogen-bond acceptors (Lipinski definition) is 4. The lowest BCUT2D eigenvalue weighted by Gasteiger charge is -2.20. The Bertz CT molecular complexity index is 867. The highest BCUT2D eigenvalue weighted by Crippen LogP contribution is 2.26. The van der Waals surface area contributed by atoms with Crippen LogP contribution < -0.4 is 10.2 Å². The first-order chi connectivity index (χ1) is 12.1. The van der Waals surface area contributed by atoms with Gasteiger partial charge in [-0.25, -0.2) is 0 Å². The summed E-state index contributed by atoms with van der Waals surface area (Å²) in [5, 5.41) is 20.2. The highest BCUT2D eigenvalue weighted by Gasteiger charge is 2.12. The molecule has 0 spiro atoms. The topological polar surface area (TPSA) is 81.2 Å². The first kappa shape index (κ1) is 16.8. The predicted molar refractivity (Wildman–Crippen MR) is 100 cm³/mol. The molecule has 0 aliphatic rings. The molecule has 0 bridgehead atoms. The van der Waals surface area contributed by atoms with E-state index in [0.29, 0.717) is 5.82 Å². The third-order valence-electron chi connectivity index (χ3n) is 4.23. The van der Waals surface area contributed by atoms with Crippen molar-refractivity contribution in [2.45, 2.75) is 20.3 Å². The number of hydrogen-bond donors (Lipinski definition) is 3. The summed E-state index contributed by atoms with van der Waals surface area (Å²) >= 11 is 0. The average Bonchev–Trinajstić information content (AvgIpc) is 3.00. The SMILES string of the molecule is CCN(CC)c1ccc2[nH]nc(NC(=O)Cc3ccc(O)cc3)c2c1. The lowest BCUT2D eigenvalue weighted by molar-refractivity contribution is -0.115. The molecule has 3 N–H and O–H groups in total. The third kappa shape index (κ3) is 3.74. The second-order valence-electron chi connectivity index (χ2n) is 5.87. The lowest BCUT2D eigenvalue weighted by Crippen LogP contribution is -2.21. The number of benzene rings is 2. The summed E-state index contributed by atoms with van der Waals surface area (Å²) < 4.78 is 0. The van der Waals surface area contributed by atoms with Gasteiger partial charge < -0.3 is 15.3 Å². The van der Waals surface area contributed by atoms with Crippen LogP contribution in [0.2, 0.25) is 0 Å². The van der Waals surface area contributed by atoms with Gasteiger partial charge in [0, 0.05) is 24.2 Å². The van der Waals surface area contributed by atoms with Gasteiger partial charge in [-0.2, -0.15) is 5.10 Å². The van der Waals surface area contributed by atoms with Gasteiger partial charge in [0.1, 0.15) is 5.75 Å². The third-order valence-corrected chi connectivity index (χ3v) is 4.23. The number of aromatic nitrogens is 2. The largest absolute Gasteiger partial charge is 0.508 e. The zero-order valence-corrected chi connectivity index (χ0v) is 14.4. The molecular weight excluding hydrogens is 316 g/mol. The Balaban J connectivity index is 1.79. The summed E-state index contributed by atoms with van der Waals surface area (Å²) in [6, 6.07) is 12.7. The molecule has 0 aliphatic heterocycles. The van der Waals surface area contributed by atoms with Crippen LogP contribution in [-0.2, 0) is 11.2 Å². The van der Waals surface area contributed by atoms with E-state index in [0.717, 1.165) is 35.2 Å². The Morgan fingerprint density at radius 2 is 1.88 bits per heavy atom. The van der Waals surface area contributed by atoms with E-state index in [4.69, 9.17) is 0 Å². The first-order valence-electron chi connectivity index (χ1n) is 8.41. The van der Waals surface area contributed by atoms with E-state index >= 15 is 0 Å². The molecule has 25 heavy (non-hydrogen) atoms. The fourth-order valence-electron chi connectivity index (χ4n) is 2.86. The fraction of sp³-hybridized carbons (Fsp3) is 0.263. The minimum Gasteiger partial charge on any atom is -0.508 e. The van der Waals surface area contributed by atoms with E-state index in [2.05, 4.69) is 40.3 Å². The molecule has 1 aromatic heterocycles. The van der Waals surface area contributed by atoms with Crippen LogP contribution in [0.15, 0.2) is 42.5 Å². The minimum absolute atomic E-state index is 0.146. The first-order valence-corrected chi connectivity index (χ1v) is 8.41. The molecule has 2 aromatic carbocycles. The summed E-state index contributed by atoms with van der Waals surface area (Å²) in [5.74, 6) is 0.575. The molecule has 3 aromatic rings. The van der Waals surface area contributed by atoms with E-state index in [1.807, 2.05) is 12.1 Å². The van der Waals surface area contributed by atoms with Gasteiger partial charge >= 0.3 is 0 Å². The van der Waals surface area contributed by atoms with Crippen molar-refractivity contribution in [2.75, 3.05) is 23.3 Å². The summed E-state index contributed by atoms with van der Waals surface area (Å²) in [6.07, 6.45) is 0.227. The quantitative estimate of drug-likeness (QED) is 0.644. The van der Waals surface area contributed by atoms with Crippen LogP contribution in [0, 0.1) is 0 Å². The molecule has 1 heterocycles. The molecule has 0 unspecified atom stereocenters. The van der Waals surface area contributed by atoms with Gasteiger partial charge in [-0.05, 0) is 49.7 Å². The van der Waals surface area contributed by atoms with Crippen LogP contribution in [0.25, 0.3) is 10.9 Å². The van der Waals surface area contributed by atoms with Crippen molar-refractivity contribution in [3.63, 3.8) is 0 Å². The van der Waals surface area contributed by atoms with Gasteiger partial charge in [0.15, 0.2) is 5.82 Å². The molecule has 0 saturated carbocycles. The van der Waals surface area contributed by atoms with Gasteiger partial charge in [0.2, 0.25) is 5.91 Å². The number of amides is 1. The fourth-order valence-corrected chi connectivity index (χ4v) is 2.86. The van der Waals surface area contributed by atoms with Crippen molar-refractivity contribution in [1.82, 2.24) is 10.2 Å². The maximum atomic E-state index is 12.3. The molecule has 0 aliphatic carbocycles. The number of H-pyrrole nitrogens is 1. The van der Waals surface area contributed by atoms with Gasteiger partial charge in [-0.15, -0.1) is 0 Å². The average molecular weight is 338 g/mol. The number of rotatable bonds is 6. The van der Waals surface area contributed by atoms with Gasteiger partial charge in [0.05, 0.1) is 11.9 Å². The zero-order chi connectivity index (χ0) is 17.8. The Kier molecular flexibility index (Phi) is 4.88. The van der Waals surface area contributed by atoms with Gasteiger partial charge in [-0.3, -0.25) is 9.89 Å². The zero-order valence-electron chi connectivity index (χ0n) is 14.4. The van der Waals surface area contributed by atoms with Crippen LogP contribution in [-0.4, -0.2) is 34.3 Å². The normalized spacial score (nSPS) is 10.8. The van der Waals surface area contributed by atoms with E-state index in [9.17, 15) is 9.90 Å². The predicted octanol–water partition coefficient (Wildman–Crippen LogP) is 3.30. The summed E-state index contributed by atoms with van der Waals surface area (Å²) in [6.45, 7) is 6.07.